The van der Waals surface area contributed by atoms with Crippen LogP contribution in [-0.2, 0) is 33.1 Å². The van der Waals surface area contributed by atoms with Crippen LogP contribution in [0, 0.1) is 0 Å². The Morgan fingerprint density at radius 1 is 1.22 bits per heavy atom. The predicted molar refractivity (Wildman–Crippen MR) is 132 cm³/mol. The van der Waals surface area contributed by atoms with Crippen molar-refractivity contribution in [3.8, 4) is 0 Å². The number of aromatic nitrogens is 1. The summed E-state index contributed by atoms with van der Waals surface area (Å²) in [7, 11) is -2.31. The Bertz CT molecular complexity index is 1240. The zero-order valence-corrected chi connectivity index (χ0v) is 21.1. The van der Waals surface area contributed by atoms with E-state index in [0.717, 1.165) is 31.1 Å². The topological polar surface area (TPSA) is 90.8 Å². The number of anilines is 1. The van der Waals surface area contributed by atoms with Crippen LogP contribution in [0.4, 0.5) is 18.9 Å². The van der Waals surface area contributed by atoms with Crippen molar-refractivity contribution in [1.29, 1.82) is 0 Å². The normalized spacial score (nSPS) is 16.3. The number of hydrogen-bond donors (Lipinski definition) is 1. The summed E-state index contributed by atoms with van der Waals surface area (Å²) in [6.07, 6.45) is -3.96. The van der Waals surface area contributed by atoms with Gasteiger partial charge >= 0.3 is 6.18 Å². The molecule has 0 bridgehead atoms. The summed E-state index contributed by atoms with van der Waals surface area (Å²) in [5.74, 6) is -0.431. The van der Waals surface area contributed by atoms with Crippen LogP contribution in [0.15, 0.2) is 64.3 Å². The van der Waals surface area contributed by atoms with Crippen LogP contribution < -0.4 is 4.90 Å². The number of halogens is 3. The number of nitrogens with zero attached hydrogens (tertiary/aromatic N) is 3. The number of benzene rings is 2. The maximum atomic E-state index is 14.0. The molecule has 7 nitrogen and oxygen atoms in total. The van der Waals surface area contributed by atoms with Crippen LogP contribution in [0.1, 0.15) is 23.2 Å². The molecule has 1 aromatic heterocycles. The molecule has 4 rings (SSSR count). The fraction of sp³-hybridized carbons (Fsp3) is 0.333. The molecule has 0 amide bonds. The van der Waals surface area contributed by atoms with Crippen molar-refractivity contribution in [1.82, 2.24) is 9.88 Å². The second-order valence-corrected chi connectivity index (χ2v) is 11.0. The SMILES string of the molecule is CN(c1ccc(S(=O)(=O)Cc2cscn2)cc1C(F)(F)F)[C@H]1CCN(Cc2ccccc2)C1.O=CO. The van der Waals surface area contributed by atoms with Crippen LogP contribution in [-0.4, -0.2) is 56.1 Å². The average molecular weight is 542 g/mol. The van der Waals surface area contributed by atoms with Gasteiger partial charge in [0.2, 0.25) is 0 Å². The lowest BCUT2D eigenvalue weighted by molar-refractivity contribution is -0.137. The molecule has 0 unspecified atom stereocenters. The fourth-order valence-electron chi connectivity index (χ4n) is 4.14. The second-order valence-electron chi connectivity index (χ2n) is 8.30. The number of carbonyl (C=O) groups is 1. The number of likely N-dealkylation sites (tertiary alicyclic amines) is 1. The summed E-state index contributed by atoms with van der Waals surface area (Å²) in [6, 6.07) is 13.1. The molecule has 1 atom stereocenters. The van der Waals surface area contributed by atoms with E-state index in [4.69, 9.17) is 9.90 Å². The molecule has 0 radical (unpaired) electrons. The van der Waals surface area contributed by atoms with E-state index in [-0.39, 0.29) is 23.1 Å². The lowest BCUT2D eigenvalue weighted by atomic mass is 10.1. The lowest BCUT2D eigenvalue weighted by Gasteiger charge is -2.30. The molecular formula is C24H26F3N3O4S2. The third-order valence-corrected chi connectivity index (χ3v) is 8.16. The molecule has 12 heteroatoms. The first kappa shape index (κ1) is 27.6. The third kappa shape index (κ3) is 7.05. The Balaban J connectivity index is 0.00000115. The van der Waals surface area contributed by atoms with Crippen molar-refractivity contribution >= 4 is 33.3 Å². The second kappa shape index (κ2) is 11.8. The molecule has 0 spiro atoms. The highest BCUT2D eigenvalue weighted by Crippen LogP contribution is 2.39. The van der Waals surface area contributed by atoms with E-state index >= 15 is 0 Å². The summed E-state index contributed by atoms with van der Waals surface area (Å²) in [5, 5.41) is 8.46. The van der Waals surface area contributed by atoms with Crippen LogP contribution in [0.2, 0.25) is 0 Å². The molecule has 3 aromatic rings. The fourth-order valence-corrected chi connectivity index (χ4v) is 6.09. The van der Waals surface area contributed by atoms with Gasteiger partial charge < -0.3 is 10.0 Å². The van der Waals surface area contributed by atoms with Gasteiger partial charge in [-0.3, -0.25) is 9.69 Å². The van der Waals surface area contributed by atoms with Crippen molar-refractivity contribution in [3.63, 3.8) is 0 Å². The van der Waals surface area contributed by atoms with Gasteiger partial charge in [-0.15, -0.1) is 11.3 Å². The monoisotopic (exact) mass is 541 g/mol. The first-order valence-corrected chi connectivity index (χ1v) is 13.5. The number of alkyl halides is 3. The molecule has 0 saturated carbocycles. The largest absolute Gasteiger partial charge is 0.483 e. The van der Waals surface area contributed by atoms with Crippen LogP contribution in [0.3, 0.4) is 0 Å². The van der Waals surface area contributed by atoms with Gasteiger partial charge in [0, 0.05) is 43.8 Å². The molecule has 1 fully saturated rings. The summed E-state index contributed by atoms with van der Waals surface area (Å²) in [6.45, 7) is 1.91. The molecule has 1 aliphatic heterocycles. The Morgan fingerprint density at radius 2 is 1.92 bits per heavy atom. The molecule has 194 valence electrons. The maximum Gasteiger partial charge on any atom is 0.418 e. The van der Waals surface area contributed by atoms with E-state index in [1.807, 2.05) is 30.3 Å². The molecule has 1 aliphatic rings. The van der Waals surface area contributed by atoms with Gasteiger partial charge in [0.1, 0.15) is 0 Å². The van der Waals surface area contributed by atoms with Crippen molar-refractivity contribution in [2.24, 2.45) is 0 Å². The Labute approximate surface area is 211 Å². The zero-order valence-electron chi connectivity index (χ0n) is 19.4. The number of hydrogen-bond acceptors (Lipinski definition) is 7. The van der Waals surface area contributed by atoms with Crippen molar-refractivity contribution in [2.75, 3.05) is 25.0 Å². The molecular weight excluding hydrogens is 515 g/mol. The molecule has 1 saturated heterocycles. The van der Waals surface area contributed by atoms with Gasteiger partial charge in [-0.25, -0.2) is 13.4 Å². The predicted octanol–water partition coefficient (Wildman–Crippen LogP) is 4.55. The number of thiazole rings is 1. The highest BCUT2D eigenvalue weighted by atomic mass is 32.2. The van der Waals surface area contributed by atoms with E-state index in [1.54, 1.807) is 17.3 Å². The van der Waals surface area contributed by atoms with E-state index in [2.05, 4.69) is 9.88 Å². The van der Waals surface area contributed by atoms with Crippen molar-refractivity contribution in [3.05, 3.63) is 76.2 Å². The van der Waals surface area contributed by atoms with Gasteiger partial charge in [0.25, 0.3) is 6.47 Å². The minimum Gasteiger partial charge on any atom is -0.483 e. The lowest BCUT2D eigenvalue weighted by Crippen LogP contribution is -2.35. The quantitative estimate of drug-likeness (QED) is 0.439. The van der Waals surface area contributed by atoms with Crippen LogP contribution in [0.25, 0.3) is 0 Å². The van der Waals surface area contributed by atoms with Gasteiger partial charge in [-0.2, -0.15) is 13.2 Å². The molecule has 0 aliphatic carbocycles. The Hall–Kier alpha value is -2.96. The first-order chi connectivity index (χ1) is 17.0. The molecule has 2 heterocycles. The molecule has 2 aromatic carbocycles. The summed E-state index contributed by atoms with van der Waals surface area (Å²) in [5.41, 5.74) is 2.02. The zero-order chi connectivity index (χ0) is 26.3. The maximum absolute atomic E-state index is 14.0. The first-order valence-electron chi connectivity index (χ1n) is 10.9. The highest BCUT2D eigenvalue weighted by Gasteiger charge is 2.38. The average Bonchev–Trinajstić information content (AvgIpc) is 3.51. The summed E-state index contributed by atoms with van der Waals surface area (Å²) < 4.78 is 67.3. The molecule has 36 heavy (non-hydrogen) atoms. The third-order valence-electron chi connectivity index (χ3n) is 5.88. The Kier molecular flexibility index (Phi) is 9.09. The van der Waals surface area contributed by atoms with Gasteiger partial charge in [-0.05, 0) is 30.2 Å². The van der Waals surface area contributed by atoms with Crippen molar-refractivity contribution in [2.45, 2.75) is 35.8 Å². The van der Waals surface area contributed by atoms with Gasteiger partial charge in [-0.1, -0.05) is 30.3 Å². The van der Waals surface area contributed by atoms with Crippen LogP contribution in [0.5, 0.6) is 0 Å². The van der Waals surface area contributed by atoms with Gasteiger partial charge in [0.15, 0.2) is 9.84 Å². The summed E-state index contributed by atoms with van der Waals surface area (Å²) in [4.78, 5) is 15.8. The van der Waals surface area contributed by atoms with E-state index < -0.39 is 27.3 Å². The van der Waals surface area contributed by atoms with Crippen molar-refractivity contribution < 1.29 is 31.5 Å². The minimum absolute atomic E-state index is 0.0123. The Morgan fingerprint density at radius 3 is 2.53 bits per heavy atom. The van der Waals surface area contributed by atoms with E-state index in [1.165, 1.54) is 29.0 Å². The van der Waals surface area contributed by atoms with E-state index in [0.29, 0.717) is 12.2 Å². The molecule has 1 N–H and O–H groups in total. The number of likely N-dealkylation sites (N-methyl/N-ethyl adjacent to an activating group) is 1. The highest BCUT2D eigenvalue weighted by molar-refractivity contribution is 7.90. The standard InChI is InChI=1S/C23H24F3N3O2S2.CH2O2/c1-28(19-9-10-29(13-19)12-17-5-3-2-4-6-17)22-8-7-20(11-21(22)23(24,25)26)33(30,31)15-18-14-32-16-27-18;2-1-3/h2-8,11,14,16,19H,9-10,12-13,15H2,1H3;1H,(H,2,3)/t19-;/m0./s1. The summed E-state index contributed by atoms with van der Waals surface area (Å²) >= 11 is 1.24. The van der Waals surface area contributed by atoms with Gasteiger partial charge in [0.05, 0.1) is 27.4 Å². The van der Waals surface area contributed by atoms with E-state index in [9.17, 15) is 21.6 Å². The number of rotatable bonds is 7. The smallest absolute Gasteiger partial charge is 0.418 e. The number of carboxylic acid groups (broad SMARTS) is 1. The number of sulfone groups is 1. The minimum atomic E-state index is -4.68. The van der Waals surface area contributed by atoms with Crippen LogP contribution >= 0.6 is 11.3 Å².